The number of rotatable bonds is 5. The minimum atomic E-state index is -4.65. The molecule has 0 saturated carbocycles. The van der Waals surface area contributed by atoms with Gasteiger partial charge >= 0.3 is 12.3 Å². The zero-order valence-electron chi connectivity index (χ0n) is 17.3. The molecule has 1 aromatic heterocycles. The third-order valence-corrected chi connectivity index (χ3v) is 5.18. The van der Waals surface area contributed by atoms with E-state index in [9.17, 15) is 18.0 Å². The molecule has 3 rings (SSSR count). The van der Waals surface area contributed by atoms with Gasteiger partial charge < -0.3 is 14.2 Å². The largest absolute Gasteiger partial charge is 0.431 e. The fourth-order valence-corrected chi connectivity index (χ4v) is 3.13. The Hall–Kier alpha value is -2.93. The predicted molar refractivity (Wildman–Crippen MR) is 114 cm³/mol. The first kappa shape index (κ1) is 22.7. The first-order valence-corrected chi connectivity index (χ1v) is 10.0. The second-order valence-electron chi connectivity index (χ2n) is 7.40. The Morgan fingerprint density at radius 1 is 1.10 bits per heavy atom. The Balaban J connectivity index is 2.19. The van der Waals surface area contributed by atoms with Crippen LogP contribution < -0.4 is 4.74 Å². The summed E-state index contributed by atoms with van der Waals surface area (Å²) in [5.41, 5.74) is 0.346. The summed E-state index contributed by atoms with van der Waals surface area (Å²) in [7, 11) is 1.53. The van der Waals surface area contributed by atoms with E-state index in [0.29, 0.717) is 16.1 Å². The van der Waals surface area contributed by atoms with Gasteiger partial charge in [-0.1, -0.05) is 54.1 Å². The molecule has 0 unspecified atom stereocenters. The topological polar surface area (TPSA) is 34.5 Å². The van der Waals surface area contributed by atoms with Gasteiger partial charge in [-0.15, -0.1) is 0 Å². The van der Waals surface area contributed by atoms with Crippen LogP contribution in [0.5, 0.6) is 5.88 Å². The van der Waals surface area contributed by atoms with Gasteiger partial charge in [0.15, 0.2) is 0 Å². The fraction of sp³-hybridized carbons (Fsp3) is 0.261. The SMILES string of the molecule is CC(C)N(C)C(=O)Oc1c(-c2ccc(Cl)cc2)cc(C(F)(F)F)n1Cc1ccccc1. The maximum Gasteiger partial charge on any atom is 0.431 e. The van der Waals surface area contributed by atoms with E-state index in [2.05, 4.69) is 0 Å². The predicted octanol–water partition coefficient (Wildman–Crippen LogP) is 6.71. The van der Waals surface area contributed by atoms with Crippen molar-refractivity contribution in [3.63, 3.8) is 0 Å². The molecule has 0 aliphatic rings. The molecule has 0 saturated heterocycles. The summed E-state index contributed by atoms with van der Waals surface area (Å²) in [4.78, 5) is 14.0. The normalized spacial score (nSPS) is 11.6. The standard InChI is InChI=1S/C23H22ClF3N2O2/c1-15(2)28(3)22(30)31-21-19(17-9-11-18(24)12-10-17)13-20(23(25,26)27)29(21)14-16-7-5-4-6-8-16/h4-13,15H,14H2,1-3H3. The van der Waals surface area contributed by atoms with E-state index < -0.39 is 18.0 Å². The lowest BCUT2D eigenvalue weighted by Crippen LogP contribution is -2.35. The van der Waals surface area contributed by atoms with Crippen LogP contribution in [0.25, 0.3) is 11.1 Å². The highest BCUT2D eigenvalue weighted by Gasteiger charge is 2.38. The number of carbonyl (C=O) groups excluding carboxylic acids is 1. The first-order valence-electron chi connectivity index (χ1n) is 9.63. The van der Waals surface area contributed by atoms with Crippen molar-refractivity contribution in [2.75, 3.05) is 7.05 Å². The third kappa shape index (κ3) is 5.22. The van der Waals surface area contributed by atoms with Gasteiger partial charge in [-0.25, -0.2) is 4.79 Å². The lowest BCUT2D eigenvalue weighted by Gasteiger charge is -2.22. The monoisotopic (exact) mass is 450 g/mol. The maximum absolute atomic E-state index is 14.0. The Kier molecular flexibility index (Phi) is 6.65. The Morgan fingerprint density at radius 2 is 1.71 bits per heavy atom. The number of hydrogen-bond donors (Lipinski definition) is 0. The van der Waals surface area contributed by atoms with Crippen LogP contribution in [0.3, 0.4) is 0 Å². The van der Waals surface area contributed by atoms with Gasteiger partial charge in [0.05, 0.1) is 6.54 Å². The van der Waals surface area contributed by atoms with Crippen molar-refractivity contribution in [3.05, 3.63) is 76.9 Å². The molecule has 0 N–H and O–H groups in total. The van der Waals surface area contributed by atoms with Crippen LogP contribution in [0.1, 0.15) is 25.1 Å². The molecule has 0 aliphatic carbocycles. The molecule has 0 fully saturated rings. The zero-order chi connectivity index (χ0) is 22.8. The summed E-state index contributed by atoms with van der Waals surface area (Å²) in [5, 5.41) is 0.446. The van der Waals surface area contributed by atoms with Gasteiger partial charge in [-0.2, -0.15) is 13.2 Å². The van der Waals surface area contributed by atoms with Crippen molar-refractivity contribution in [1.29, 1.82) is 0 Å². The molecule has 3 aromatic rings. The third-order valence-electron chi connectivity index (χ3n) is 4.92. The van der Waals surface area contributed by atoms with Crippen LogP contribution in [0.15, 0.2) is 60.7 Å². The lowest BCUT2D eigenvalue weighted by molar-refractivity contribution is -0.143. The van der Waals surface area contributed by atoms with Gasteiger partial charge in [-0.05, 0) is 43.2 Å². The number of hydrogen-bond acceptors (Lipinski definition) is 2. The highest BCUT2D eigenvalue weighted by Crippen LogP contribution is 2.41. The zero-order valence-corrected chi connectivity index (χ0v) is 18.0. The minimum absolute atomic E-state index is 0.114. The molecule has 1 heterocycles. The molecule has 0 radical (unpaired) electrons. The summed E-state index contributed by atoms with van der Waals surface area (Å²) in [6.45, 7) is 3.45. The van der Waals surface area contributed by atoms with E-state index in [4.69, 9.17) is 16.3 Å². The molecule has 1 amide bonds. The minimum Gasteiger partial charge on any atom is -0.392 e. The summed E-state index contributed by atoms with van der Waals surface area (Å²) < 4.78 is 48.4. The quantitative estimate of drug-likeness (QED) is 0.432. The van der Waals surface area contributed by atoms with Crippen LogP contribution in [0, 0.1) is 0 Å². The molecule has 164 valence electrons. The number of ether oxygens (including phenoxy) is 1. The van der Waals surface area contributed by atoms with Crippen molar-refractivity contribution in [3.8, 4) is 17.0 Å². The van der Waals surface area contributed by atoms with Gasteiger partial charge in [0.1, 0.15) is 5.69 Å². The number of carbonyl (C=O) groups is 1. The molecule has 2 aromatic carbocycles. The van der Waals surface area contributed by atoms with Crippen LogP contribution >= 0.6 is 11.6 Å². The number of amides is 1. The number of alkyl halides is 3. The molecule has 0 aliphatic heterocycles. The second kappa shape index (κ2) is 9.06. The summed E-state index contributed by atoms with van der Waals surface area (Å²) >= 11 is 5.94. The van der Waals surface area contributed by atoms with Gasteiger partial charge in [0.2, 0.25) is 5.88 Å². The van der Waals surface area contributed by atoms with E-state index in [-0.39, 0.29) is 24.0 Å². The van der Waals surface area contributed by atoms with Gasteiger partial charge in [-0.3, -0.25) is 0 Å². The smallest absolute Gasteiger partial charge is 0.392 e. The molecular weight excluding hydrogens is 429 g/mol. The maximum atomic E-state index is 14.0. The van der Waals surface area contributed by atoms with E-state index >= 15 is 0 Å². The average molecular weight is 451 g/mol. The summed E-state index contributed by atoms with van der Waals surface area (Å²) in [5.74, 6) is -0.170. The number of aromatic nitrogens is 1. The fourth-order valence-electron chi connectivity index (χ4n) is 3.00. The molecule has 4 nitrogen and oxygen atoms in total. The molecule has 0 spiro atoms. The van der Waals surface area contributed by atoms with Crippen molar-refractivity contribution in [2.24, 2.45) is 0 Å². The summed E-state index contributed by atoms with van der Waals surface area (Å²) in [6.07, 6.45) is -5.39. The van der Waals surface area contributed by atoms with E-state index in [1.54, 1.807) is 68.4 Å². The Bertz CT molecular complexity index is 1050. The van der Waals surface area contributed by atoms with E-state index in [1.165, 1.54) is 11.9 Å². The average Bonchev–Trinajstić information content (AvgIpc) is 3.07. The van der Waals surface area contributed by atoms with E-state index in [1.807, 2.05) is 0 Å². The Morgan fingerprint density at radius 3 is 2.26 bits per heavy atom. The molecule has 31 heavy (non-hydrogen) atoms. The van der Waals surface area contributed by atoms with Crippen molar-refractivity contribution >= 4 is 17.7 Å². The van der Waals surface area contributed by atoms with E-state index in [0.717, 1.165) is 10.6 Å². The highest BCUT2D eigenvalue weighted by atomic mass is 35.5. The number of benzene rings is 2. The van der Waals surface area contributed by atoms with Crippen molar-refractivity contribution in [2.45, 2.75) is 32.6 Å². The van der Waals surface area contributed by atoms with Crippen LogP contribution in [0.2, 0.25) is 5.02 Å². The highest BCUT2D eigenvalue weighted by molar-refractivity contribution is 6.30. The van der Waals surface area contributed by atoms with Crippen molar-refractivity contribution in [1.82, 2.24) is 9.47 Å². The summed E-state index contributed by atoms with van der Waals surface area (Å²) in [6, 6.07) is 15.8. The second-order valence-corrected chi connectivity index (χ2v) is 7.83. The molecular formula is C23H22ClF3N2O2. The van der Waals surface area contributed by atoms with Crippen LogP contribution in [-0.4, -0.2) is 28.6 Å². The Labute approximate surface area is 183 Å². The van der Waals surface area contributed by atoms with Gasteiger partial charge in [0, 0.05) is 23.7 Å². The number of halogens is 4. The van der Waals surface area contributed by atoms with Crippen molar-refractivity contribution < 1.29 is 22.7 Å². The van der Waals surface area contributed by atoms with Crippen LogP contribution in [-0.2, 0) is 12.7 Å². The molecule has 0 atom stereocenters. The molecule has 8 heteroatoms. The first-order chi connectivity index (χ1) is 14.6. The van der Waals surface area contributed by atoms with Gasteiger partial charge in [0.25, 0.3) is 0 Å². The molecule has 0 bridgehead atoms. The lowest BCUT2D eigenvalue weighted by atomic mass is 10.1. The number of nitrogens with zero attached hydrogens (tertiary/aromatic N) is 2. The van der Waals surface area contributed by atoms with Crippen LogP contribution in [0.4, 0.5) is 18.0 Å².